The topological polar surface area (TPSA) is 52.8 Å². The van der Waals surface area contributed by atoms with E-state index in [0.717, 1.165) is 40.3 Å². The number of methoxy groups -OCH3 is 2. The van der Waals surface area contributed by atoms with E-state index < -0.39 is 0 Å². The van der Waals surface area contributed by atoms with Crippen LogP contribution in [0.5, 0.6) is 11.5 Å². The monoisotopic (exact) mass is 368 g/mol. The van der Waals surface area contributed by atoms with Crippen LogP contribution >= 0.6 is 11.6 Å². The molecule has 2 heterocycles. The lowest BCUT2D eigenvalue weighted by atomic mass is 10.1. The van der Waals surface area contributed by atoms with Gasteiger partial charge >= 0.3 is 0 Å². The zero-order valence-corrected chi connectivity index (χ0v) is 15.2. The third-order valence-electron chi connectivity index (χ3n) is 4.60. The highest BCUT2D eigenvalue weighted by Gasteiger charge is 2.23. The number of hydrogen-bond acceptors (Lipinski definition) is 4. The normalized spacial score (nSPS) is 14.7. The predicted octanol–water partition coefficient (Wildman–Crippen LogP) is 3.85. The number of rotatable bonds is 3. The molecule has 0 atom stereocenters. The molecular weight excluding hydrogens is 352 g/mol. The maximum atomic E-state index is 12.8. The Morgan fingerprint density at radius 1 is 1.15 bits per heavy atom. The predicted molar refractivity (Wildman–Crippen MR) is 102 cm³/mol. The molecule has 3 aromatic rings. The molecule has 1 aliphatic carbocycles. The second-order valence-corrected chi connectivity index (χ2v) is 6.53. The molecule has 0 amide bonds. The van der Waals surface area contributed by atoms with E-state index in [1.54, 1.807) is 32.5 Å². The van der Waals surface area contributed by atoms with Crippen LogP contribution in [0.2, 0.25) is 5.02 Å². The van der Waals surface area contributed by atoms with E-state index in [4.69, 9.17) is 26.1 Å². The molecule has 0 aliphatic heterocycles. The molecule has 0 radical (unpaired) electrons. The van der Waals surface area contributed by atoms with Gasteiger partial charge in [0.05, 0.1) is 24.9 Å². The Labute approximate surface area is 155 Å². The smallest absolute Gasteiger partial charge is 0.261 e. The molecule has 0 saturated heterocycles. The van der Waals surface area contributed by atoms with Crippen molar-refractivity contribution in [2.75, 3.05) is 14.2 Å². The third-order valence-corrected chi connectivity index (χ3v) is 4.82. The summed E-state index contributed by atoms with van der Waals surface area (Å²) in [5.41, 5.74) is 3.91. The first kappa shape index (κ1) is 16.7. The first-order valence-corrected chi connectivity index (χ1v) is 8.62. The van der Waals surface area contributed by atoms with E-state index in [-0.39, 0.29) is 5.56 Å². The summed E-state index contributed by atoms with van der Waals surface area (Å²) in [5.74, 6) is 1.49. The number of aromatic nitrogens is 2. The van der Waals surface area contributed by atoms with Crippen LogP contribution < -0.4 is 15.0 Å². The van der Waals surface area contributed by atoms with E-state index in [9.17, 15) is 4.79 Å². The SMILES string of the molecule is COc1ccc(OC)c(/C=C2/CCc3c2nc2ccc(Cl)cn2c3=O)c1. The van der Waals surface area contributed by atoms with Gasteiger partial charge in [-0.3, -0.25) is 9.20 Å². The van der Waals surface area contributed by atoms with Crippen LogP contribution in [0.15, 0.2) is 41.3 Å². The van der Waals surface area contributed by atoms with Crippen molar-refractivity contribution in [1.29, 1.82) is 0 Å². The minimum Gasteiger partial charge on any atom is -0.497 e. The highest BCUT2D eigenvalue weighted by atomic mass is 35.5. The van der Waals surface area contributed by atoms with Crippen molar-refractivity contribution in [1.82, 2.24) is 9.38 Å². The zero-order chi connectivity index (χ0) is 18.3. The standard InChI is InChI=1S/C20H17ClN2O3/c1-25-15-5-7-17(26-2)13(10-15)9-12-3-6-16-19(12)22-18-8-4-14(21)11-23(18)20(16)24/h4-5,7-11H,3,6H2,1-2H3/b12-9-. The number of ether oxygens (including phenoxy) is 2. The summed E-state index contributed by atoms with van der Waals surface area (Å²) >= 11 is 6.01. The van der Waals surface area contributed by atoms with Gasteiger partial charge in [-0.15, -0.1) is 0 Å². The van der Waals surface area contributed by atoms with Gasteiger partial charge < -0.3 is 9.47 Å². The number of fused-ring (bicyclic) bond motifs is 2. The Morgan fingerprint density at radius 3 is 2.77 bits per heavy atom. The number of nitrogens with zero attached hydrogens (tertiary/aromatic N) is 2. The van der Waals surface area contributed by atoms with Crippen molar-refractivity contribution in [3.8, 4) is 11.5 Å². The zero-order valence-electron chi connectivity index (χ0n) is 14.5. The second-order valence-electron chi connectivity index (χ2n) is 6.10. The van der Waals surface area contributed by atoms with Crippen molar-refractivity contribution >= 4 is 28.9 Å². The molecule has 1 aromatic carbocycles. The lowest BCUT2D eigenvalue weighted by molar-refractivity contribution is 0.402. The van der Waals surface area contributed by atoms with Crippen LogP contribution in [0.1, 0.15) is 23.2 Å². The highest BCUT2D eigenvalue weighted by molar-refractivity contribution is 6.30. The number of halogens is 1. The summed E-state index contributed by atoms with van der Waals surface area (Å²) in [6.07, 6.45) is 5.04. The minimum atomic E-state index is -0.0616. The van der Waals surface area contributed by atoms with Crippen LogP contribution in [0.4, 0.5) is 0 Å². The van der Waals surface area contributed by atoms with Crippen molar-refractivity contribution in [2.24, 2.45) is 0 Å². The van der Waals surface area contributed by atoms with E-state index in [0.29, 0.717) is 17.1 Å². The van der Waals surface area contributed by atoms with E-state index in [2.05, 4.69) is 0 Å². The summed E-state index contributed by atoms with van der Waals surface area (Å²) in [7, 11) is 3.26. The molecule has 0 saturated carbocycles. The van der Waals surface area contributed by atoms with E-state index in [1.165, 1.54) is 4.40 Å². The molecule has 2 aromatic heterocycles. The van der Waals surface area contributed by atoms with Gasteiger partial charge in [0.1, 0.15) is 17.1 Å². The third kappa shape index (κ3) is 2.74. The molecule has 0 N–H and O–H groups in total. The molecule has 5 nitrogen and oxygen atoms in total. The van der Waals surface area contributed by atoms with Gasteiger partial charge in [-0.05, 0) is 54.8 Å². The minimum absolute atomic E-state index is 0.0616. The van der Waals surface area contributed by atoms with Crippen molar-refractivity contribution in [3.05, 3.63) is 68.7 Å². The van der Waals surface area contributed by atoms with Crippen molar-refractivity contribution in [2.45, 2.75) is 12.8 Å². The average Bonchev–Trinajstić information content (AvgIpc) is 3.05. The molecular formula is C20H17ClN2O3. The summed E-state index contributed by atoms with van der Waals surface area (Å²) in [5, 5.41) is 0.510. The molecule has 0 fully saturated rings. The quantitative estimate of drug-likeness (QED) is 0.704. The Bertz CT molecular complexity index is 1100. The fourth-order valence-electron chi connectivity index (χ4n) is 3.30. The maximum absolute atomic E-state index is 12.8. The number of allylic oxidation sites excluding steroid dienone is 1. The largest absolute Gasteiger partial charge is 0.497 e. The lowest BCUT2D eigenvalue weighted by Crippen LogP contribution is -2.19. The Morgan fingerprint density at radius 2 is 2.00 bits per heavy atom. The van der Waals surface area contributed by atoms with Crippen LogP contribution in [-0.2, 0) is 6.42 Å². The van der Waals surface area contributed by atoms with Gasteiger partial charge in [0.25, 0.3) is 5.56 Å². The molecule has 0 bridgehead atoms. The molecule has 1 aliphatic rings. The number of pyridine rings is 1. The van der Waals surface area contributed by atoms with Crippen LogP contribution in [-0.4, -0.2) is 23.6 Å². The Balaban J connectivity index is 1.89. The molecule has 4 rings (SSSR count). The van der Waals surface area contributed by atoms with Gasteiger partial charge in [-0.1, -0.05) is 11.6 Å². The summed E-state index contributed by atoms with van der Waals surface area (Å²) in [6, 6.07) is 9.12. The summed E-state index contributed by atoms with van der Waals surface area (Å²) < 4.78 is 12.3. The van der Waals surface area contributed by atoms with Crippen molar-refractivity contribution in [3.63, 3.8) is 0 Å². The first-order valence-electron chi connectivity index (χ1n) is 8.24. The fraction of sp³-hybridized carbons (Fsp3) is 0.200. The summed E-state index contributed by atoms with van der Waals surface area (Å²) in [6.45, 7) is 0. The lowest BCUT2D eigenvalue weighted by Gasteiger charge is -2.09. The van der Waals surface area contributed by atoms with Crippen LogP contribution in [0.25, 0.3) is 17.3 Å². The first-order chi connectivity index (χ1) is 12.6. The van der Waals surface area contributed by atoms with Gasteiger partial charge in [-0.2, -0.15) is 0 Å². The van der Waals surface area contributed by atoms with Gasteiger partial charge in [0.15, 0.2) is 0 Å². The van der Waals surface area contributed by atoms with Gasteiger partial charge in [0, 0.05) is 17.3 Å². The second kappa shape index (κ2) is 6.50. The van der Waals surface area contributed by atoms with E-state index in [1.807, 2.05) is 24.3 Å². The number of benzene rings is 1. The highest BCUT2D eigenvalue weighted by Crippen LogP contribution is 2.34. The Kier molecular flexibility index (Phi) is 4.17. The van der Waals surface area contributed by atoms with Crippen LogP contribution in [0, 0.1) is 0 Å². The Hall–Kier alpha value is -2.79. The fourth-order valence-corrected chi connectivity index (χ4v) is 3.46. The van der Waals surface area contributed by atoms with E-state index >= 15 is 0 Å². The molecule has 132 valence electrons. The van der Waals surface area contributed by atoms with Crippen LogP contribution in [0.3, 0.4) is 0 Å². The molecule has 26 heavy (non-hydrogen) atoms. The number of hydrogen-bond donors (Lipinski definition) is 0. The summed E-state index contributed by atoms with van der Waals surface area (Å²) in [4.78, 5) is 17.5. The van der Waals surface area contributed by atoms with Crippen molar-refractivity contribution < 1.29 is 9.47 Å². The van der Waals surface area contributed by atoms with Gasteiger partial charge in [-0.25, -0.2) is 4.98 Å². The maximum Gasteiger partial charge on any atom is 0.261 e. The molecule has 0 unspecified atom stereocenters. The van der Waals surface area contributed by atoms with Gasteiger partial charge in [0.2, 0.25) is 0 Å². The molecule has 6 heteroatoms. The average molecular weight is 369 g/mol. The molecule has 0 spiro atoms.